The van der Waals surface area contributed by atoms with Crippen LogP contribution in [0.3, 0.4) is 0 Å². The standard InChI is InChI=1S/C8H15F3O2/c1-2-6(12)7(13)4-3-5-8(9,10)11/h6-7,12-13H,2-5H2,1H3. The molecule has 0 aliphatic rings. The molecule has 5 heteroatoms. The van der Waals surface area contributed by atoms with Gasteiger partial charge in [-0.3, -0.25) is 0 Å². The predicted octanol–water partition coefficient (Wildman–Crippen LogP) is 1.85. The SMILES string of the molecule is CCC(O)C(O)CCCC(F)(F)F. The summed E-state index contributed by atoms with van der Waals surface area (Å²) < 4.78 is 34.9. The molecule has 0 aromatic heterocycles. The molecule has 2 unspecified atom stereocenters. The van der Waals surface area contributed by atoms with Gasteiger partial charge in [0.1, 0.15) is 0 Å². The van der Waals surface area contributed by atoms with Gasteiger partial charge in [-0.15, -0.1) is 0 Å². The summed E-state index contributed by atoms with van der Waals surface area (Å²) in [5, 5.41) is 18.1. The van der Waals surface area contributed by atoms with Gasteiger partial charge in [-0.1, -0.05) is 6.92 Å². The maximum absolute atomic E-state index is 11.6. The smallest absolute Gasteiger partial charge is 0.389 e. The molecule has 2 N–H and O–H groups in total. The summed E-state index contributed by atoms with van der Waals surface area (Å²) in [7, 11) is 0. The second-order valence-electron chi connectivity index (χ2n) is 3.05. The second-order valence-corrected chi connectivity index (χ2v) is 3.05. The molecule has 0 aromatic rings. The molecule has 0 fully saturated rings. The van der Waals surface area contributed by atoms with Crippen LogP contribution in [0.25, 0.3) is 0 Å². The summed E-state index contributed by atoms with van der Waals surface area (Å²) in [6.07, 6.45) is -6.80. The van der Waals surface area contributed by atoms with E-state index in [9.17, 15) is 13.2 Å². The van der Waals surface area contributed by atoms with Crippen LogP contribution in [0.15, 0.2) is 0 Å². The first-order chi connectivity index (χ1) is 5.87. The Morgan fingerprint density at radius 3 is 2.08 bits per heavy atom. The van der Waals surface area contributed by atoms with Crippen molar-refractivity contribution in [3.63, 3.8) is 0 Å². The highest BCUT2D eigenvalue weighted by Gasteiger charge is 2.27. The maximum Gasteiger partial charge on any atom is 0.389 e. The maximum atomic E-state index is 11.6. The van der Waals surface area contributed by atoms with Gasteiger partial charge < -0.3 is 10.2 Å². The molecular weight excluding hydrogens is 185 g/mol. The molecule has 0 bridgehead atoms. The number of alkyl halides is 3. The second kappa shape index (κ2) is 5.44. The summed E-state index contributed by atoms with van der Waals surface area (Å²) in [6, 6.07) is 0. The first-order valence-electron chi connectivity index (χ1n) is 4.29. The molecule has 0 heterocycles. The van der Waals surface area contributed by atoms with Crippen molar-refractivity contribution < 1.29 is 23.4 Å². The van der Waals surface area contributed by atoms with E-state index < -0.39 is 24.8 Å². The number of rotatable bonds is 5. The van der Waals surface area contributed by atoms with E-state index in [-0.39, 0.29) is 12.8 Å². The quantitative estimate of drug-likeness (QED) is 0.711. The lowest BCUT2D eigenvalue weighted by Crippen LogP contribution is -2.25. The number of aliphatic hydroxyl groups excluding tert-OH is 2. The summed E-state index contributed by atoms with van der Waals surface area (Å²) >= 11 is 0. The summed E-state index contributed by atoms with van der Waals surface area (Å²) in [5.74, 6) is 0. The van der Waals surface area contributed by atoms with Crippen LogP contribution in [0.4, 0.5) is 13.2 Å². The molecule has 0 aromatic carbocycles. The Morgan fingerprint density at radius 1 is 1.15 bits per heavy atom. The number of hydrogen-bond donors (Lipinski definition) is 2. The minimum atomic E-state index is -4.17. The van der Waals surface area contributed by atoms with Gasteiger partial charge in [-0.2, -0.15) is 13.2 Å². The number of hydrogen-bond acceptors (Lipinski definition) is 2. The average Bonchev–Trinajstić information content (AvgIpc) is 2.00. The van der Waals surface area contributed by atoms with Gasteiger partial charge in [-0.25, -0.2) is 0 Å². The Balaban J connectivity index is 3.53. The van der Waals surface area contributed by atoms with Crippen molar-refractivity contribution in [1.82, 2.24) is 0 Å². The van der Waals surface area contributed by atoms with Crippen LogP contribution in [-0.4, -0.2) is 28.6 Å². The van der Waals surface area contributed by atoms with Crippen LogP contribution in [-0.2, 0) is 0 Å². The van der Waals surface area contributed by atoms with Gasteiger partial charge >= 0.3 is 6.18 Å². The van der Waals surface area contributed by atoms with Gasteiger partial charge in [0.2, 0.25) is 0 Å². The van der Waals surface area contributed by atoms with Gasteiger partial charge in [0, 0.05) is 6.42 Å². The summed E-state index contributed by atoms with van der Waals surface area (Å²) in [5.41, 5.74) is 0. The van der Waals surface area contributed by atoms with E-state index in [1.54, 1.807) is 6.92 Å². The fourth-order valence-corrected chi connectivity index (χ4v) is 0.976. The lowest BCUT2D eigenvalue weighted by atomic mass is 10.1. The van der Waals surface area contributed by atoms with E-state index in [1.807, 2.05) is 0 Å². The Morgan fingerprint density at radius 2 is 1.69 bits per heavy atom. The Bertz CT molecular complexity index is 136. The van der Waals surface area contributed by atoms with Crippen molar-refractivity contribution in [3.05, 3.63) is 0 Å². The molecule has 2 atom stereocenters. The summed E-state index contributed by atoms with van der Waals surface area (Å²) in [4.78, 5) is 0. The first kappa shape index (κ1) is 12.7. The summed E-state index contributed by atoms with van der Waals surface area (Å²) in [6.45, 7) is 1.66. The van der Waals surface area contributed by atoms with Crippen LogP contribution < -0.4 is 0 Å². The molecule has 0 aliphatic heterocycles. The molecule has 0 saturated carbocycles. The molecule has 0 radical (unpaired) electrons. The lowest BCUT2D eigenvalue weighted by molar-refractivity contribution is -0.137. The fraction of sp³-hybridized carbons (Fsp3) is 1.00. The number of aliphatic hydroxyl groups is 2. The van der Waals surface area contributed by atoms with Crippen LogP contribution in [0.1, 0.15) is 32.6 Å². The fourth-order valence-electron chi connectivity index (χ4n) is 0.976. The average molecular weight is 200 g/mol. The number of halogens is 3. The molecule has 2 nitrogen and oxygen atoms in total. The first-order valence-corrected chi connectivity index (χ1v) is 4.29. The normalized spacial score (nSPS) is 17.1. The van der Waals surface area contributed by atoms with E-state index in [0.717, 1.165) is 0 Å². The van der Waals surface area contributed by atoms with E-state index in [2.05, 4.69) is 0 Å². The predicted molar refractivity (Wildman–Crippen MR) is 42.2 cm³/mol. The monoisotopic (exact) mass is 200 g/mol. The molecule has 0 amide bonds. The van der Waals surface area contributed by atoms with E-state index in [4.69, 9.17) is 10.2 Å². The molecular formula is C8H15F3O2. The zero-order valence-corrected chi connectivity index (χ0v) is 7.51. The Labute approximate surface area is 75.4 Å². The zero-order valence-electron chi connectivity index (χ0n) is 7.51. The highest BCUT2D eigenvalue weighted by molar-refractivity contribution is 4.66. The Kier molecular flexibility index (Phi) is 5.32. The van der Waals surface area contributed by atoms with Crippen LogP contribution in [0, 0.1) is 0 Å². The molecule has 0 rings (SSSR count). The van der Waals surface area contributed by atoms with E-state index in [0.29, 0.717) is 6.42 Å². The topological polar surface area (TPSA) is 40.5 Å². The van der Waals surface area contributed by atoms with E-state index in [1.165, 1.54) is 0 Å². The highest BCUT2D eigenvalue weighted by atomic mass is 19.4. The highest BCUT2D eigenvalue weighted by Crippen LogP contribution is 2.23. The molecule has 0 aliphatic carbocycles. The van der Waals surface area contributed by atoms with Gasteiger partial charge in [0.05, 0.1) is 12.2 Å². The van der Waals surface area contributed by atoms with Crippen LogP contribution in [0.5, 0.6) is 0 Å². The van der Waals surface area contributed by atoms with Crippen molar-refractivity contribution in [1.29, 1.82) is 0 Å². The van der Waals surface area contributed by atoms with Gasteiger partial charge in [0.25, 0.3) is 0 Å². The minimum absolute atomic E-state index is 0.00544. The van der Waals surface area contributed by atoms with Crippen LogP contribution >= 0.6 is 0 Å². The molecule has 0 saturated heterocycles. The van der Waals surface area contributed by atoms with Crippen LogP contribution in [0.2, 0.25) is 0 Å². The zero-order chi connectivity index (χ0) is 10.5. The molecule has 80 valence electrons. The third-order valence-electron chi connectivity index (χ3n) is 1.82. The van der Waals surface area contributed by atoms with Gasteiger partial charge in [0.15, 0.2) is 0 Å². The van der Waals surface area contributed by atoms with Crippen molar-refractivity contribution in [2.24, 2.45) is 0 Å². The van der Waals surface area contributed by atoms with Crippen molar-refractivity contribution >= 4 is 0 Å². The van der Waals surface area contributed by atoms with Crippen molar-refractivity contribution in [2.45, 2.75) is 51.0 Å². The van der Waals surface area contributed by atoms with Gasteiger partial charge in [-0.05, 0) is 19.3 Å². The molecule has 0 spiro atoms. The largest absolute Gasteiger partial charge is 0.390 e. The lowest BCUT2D eigenvalue weighted by Gasteiger charge is -2.16. The van der Waals surface area contributed by atoms with Crippen molar-refractivity contribution in [3.8, 4) is 0 Å². The van der Waals surface area contributed by atoms with E-state index >= 15 is 0 Å². The third-order valence-corrected chi connectivity index (χ3v) is 1.82. The third kappa shape index (κ3) is 6.83. The Hall–Kier alpha value is -0.290. The minimum Gasteiger partial charge on any atom is -0.390 e. The molecule has 13 heavy (non-hydrogen) atoms. The van der Waals surface area contributed by atoms with Crippen molar-refractivity contribution in [2.75, 3.05) is 0 Å².